The number of hydrogen-bond acceptors (Lipinski definition) is 2. The van der Waals surface area contributed by atoms with Gasteiger partial charge in [-0.3, -0.25) is 0 Å². The zero-order chi connectivity index (χ0) is 7.07. The van der Waals surface area contributed by atoms with E-state index in [9.17, 15) is 8.42 Å². The predicted molar refractivity (Wildman–Crippen MR) is 33.9 cm³/mol. The van der Waals surface area contributed by atoms with Gasteiger partial charge in [0.1, 0.15) is 0 Å². The Morgan fingerprint density at radius 2 is 2.00 bits per heavy atom. The Morgan fingerprint density at radius 1 is 1.56 bits per heavy atom. The van der Waals surface area contributed by atoms with Gasteiger partial charge in [0.2, 0.25) is 0 Å². The van der Waals surface area contributed by atoms with Crippen LogP contribution in [0.5, 0.6) is 0 Å². The molecule has 1 aliphatic carbocycles. The summed E-state index contributed by atoms with van der Waals surface area (Å²) in [7, 11) is -1.90. The van der Waals surface area contributed by atoms with Gasteiger partial charge in [-0.25, -0.2) is 5.14 Å². The highest BCUT2D eigenvalue weighted by Crippen LogP contribution is 2.26. The normalized spacial score (nSPS) is 20.8. The molecule has 0 bridgehead atoms. The van der Waals surface area contributed by atoms with Crippen LogP contribution in [0.4, 0.5) is 0 Å². The highest BCUT2D eigenvalue weighted by molar-refractivity contribution is 7.86. The van der Waals surface area contributed by atoms with Crippen LogP contribution in [0.2, 0.25) is 0 Å². The zero-order valence-electron chi connectivity index (χ0n) is 5.24. The van der Waals surface area contributed by atoms with Gasteiger partial charge in [-0.15, -0.1) is 0 Å². The van der Waals surface area contributed by atoms with Gasteiger partial charge in [0, 0.05) is 13.1 Å². The summed E-state index contributed by atoms with van der Waals surface area (Å²) >= 11 is 0. The Hall–Kier alpha value is -0.130. The minimum absolute atomic E-state index is 0.181. The molecule has 0 aliphatic heterocycles. The molecule has 54 valence electrons. The maximum Gasteiger partial charge on any atom is 0.276 e. The van der Waals surface area contributed by atoms with Gasteiger partial charge >= 0.3 is 0 Å². The van der Waals surface area contributed by atoms with Crippen molar-refractivity contribution in [3.8, 4) is 0 Å². The molecule has 0 amide bonds. The second-order valence-corrected chi connectivity index (χ2v) is 3.90. The van der Waals surface area contributed by atoms with Crippen molar-refractivity contribution in [3.63, 3.8) is 0 Å². The molecule has 0 atom stereocenters. The number of nitrogens with two attached hydrogens (primary N) is 1. The average molecular weight is 150 g/mol. The second-order valence-electron chi connectivity index (χ2n) is 2.29. The van der Waals surface area contributed by atoms with Crippen LogP contribution < -0.4 is 5.14 Å². The summed E-state index contributed by atoms with van der Waals surface area (Å²) in [4.78, 5) is 0. The minimum atomic E-state index is -3.41. The number of nitrogens with zero attached hydrogens (tertiary/aromatic N) is 1. The highest BCUT2D eigenvalue weighted by Gasteiger charge is 2.31. The first kappa shape index (κ1) is 6.98. The Morgan fingerprint density at radius 3 is 2.11 bits per heavy atom. The summed E-state index contributed by atoms with van der Waals surface area (Å²) < 4.78 is 22.2. The summed E-state index contributed by atoms with van der Waals surface area (Å²) in [5.74, 6) is 0. The van der Waals surface area contributed by atoms with Crippen molar-refractivity contribution < 1.29 is 8.42 Å². The average Bonchev–Trinajstić information content (AvgIpc) is 2.40. The fourth-order valence-corrected chi connectivity index (χ4v) is 1.27. The maximum absolute atomic E-state index is 10.5. The molecule has 0 radical (unpaired) electrons. The Kier molecular flexibility index (Phi) is 1.50. The quantitative estimate of drug-likeness (QED) is 0.565. The van der Waals surface area contributed by atoms with Gasteiger partial charge in [0.25, 0.3) is 10.2 Å². The van der Waals surface area contributed by atoms with Gasteiger partial charge < -0.3 is 0 Å². The van der Waals surface area contributed by atoms with E-state index in [4.69, 9.17) is 5.14 Å². The summed E-state index contributed by atoms with van der Waals surface area (Å²) in [5, 5.41) is 4.82. The molecule has 4 nitrogen and oxygen atoms in total. The van der Waals surface area contributed by atoms with E-state index in [1.165, 1.54) is 11.4 Å². The minimum Gasteiger partial charge on any atom is -0.216 e. The zero-order valence-corrected chi connectivity index (χ0v) is 6.06. The van der Waals surface area contributed by atoms with Crippen LogP contribution in [0.3, 0.4) is 0 Å². The molecule has 0 saturated heterocycles. The first-order chi connectivity index (χ1) is 4.02. The van der Waals surface area contributed by atoms with Crippen LogP contribution in [-0.4, -0.2) is 25.8 Å². The maximum atomic E-state index is 10.5. The van der Waals surface area contributed by atoms with E-state index < -0.39 is 10.2 Å². The van der Waals surface area contributed by atoms with Crippen molar-refractivity contribution >= 4 is 10.2 Å². The number of hydrogen-bond donors (Lipinski definition) is 1. The first-order valence-electron chi connectivity index (χ1n) is 2.77. The molecule has 1 saturated carbocycles. The molecule has 5 heteroatoms. The Labute approximate surface area is 54.8 Å². The van der Waals surface area contributed by atoms with Crippen LogP contribution >= 0.6 is 0 Å². The predicted octanol–water partition coefficient (Wildman–Crippen LogP) is -0.716. The molecular formula is C4H10N2O2S. The standard InChI is InChI=1S/C4H10N2O2S/c1-6(4-2-3-4)9(5,7)8/h4H,2-3H2,1H3,(H2,5,7,8). The Balaban J connectivity index is 2.61. The molecule has 1 fully saturated rings. The van der Waals surface area contributed by atoms with Gasteiger partial charge in [-0.05, 0) is 12.8 Å². The molecule has 0 spiro atoms. The lowest BCUT2D eigenvalue weighted by atomic mass is 10.7. The summed E-state index contributed by atoms with van der Waals surface area (Å²) in [6.07, 6.45) is 1.90. The van der Waals surface area contributed by atoms with Crippen molar-refractivity contribution in [2.24, 2.45) is 5.14 Å². The van der Waals surface area contributed by atoms with E-state index in [2.05, 4.69) is 0 Å². The third-order valence-corrected chi connectivity index (χ3v) is 2.56. The van der Waals surface area contributed by atoms with Gasteiger partial charge in [0.15, 0.2) is 0 Å². The van der Waals surface area contributed by atoms with Crippen LogP contribution in [-0.2, 0) is 10.2 Å². The summed E-state index contributed by atoms with van der Waals surface area (Å²) in [5.41, 5.74) is 0. The van der Waals surface area contributed by atoms with Crippen molar-refractivity contribution in [1.82, 2.24) is 4.31 Å². The third-order valence-electron chi connectivity index (χ3n) is 1.46. The van der Waals surface area contributed by atoms with Crippen molar-refractivity contribution in [1.29, 1.82) is 0 Å². The van der Waals surface area contributed by atoms with E-state index in [1.54, 1.807) is 0 Å². The monoisotopic (exact) mass is 150 g/mol. The van der Waals surface area contributed by atoms with E-state index >= 15 is 0 Å². The van der Waals surface area contributed by atoms with Crippen LogP contribution in [0.15, 0.2) is 0 Å². The van der Waals surface area contributed by atoms with E-state index in [-0.39, 0.29) is 6.04 Å². The highest BCUT2D eigenvalue weighted by atomic mass is 32.2. The summed E-state index contributed by atoms with van der Waals surface area (Å²) in [6.45, 7) is 0. The van der Waals surface area contributed by atoms with Gasteiger partial charge in [-0.2, -0.15) is 12.7 Å². The van der Waals surface area contributed by atoms with Crippen LogP contribution in [0.1, 0.15) is 12.8 Å². The van der Waals surface area contributed by atoms with Gasteiger partial charge in [0.05, 0.1) is 0 Å². The fraction of sp³-hybridized carbons (Fsp3) is 1.00. The molecule has 0 aromatic heterocycles. The van der Waals surface area contributed by atoms with Crippen LogP contribution in [0.25, 0.3) is 0 Å². The molecule has 0 aromatic carbocycles. The SMILES string of the molecule is CN(C1CC1)S(N)(=O)=O. The lowest BCUT2D eigenvalue weighted by Crippen LogP contribution is -2.34. The van der Waals surface area contributed by atoms with Crippen molar-refractivity contribution in [2.75, 3.05) is 7.05 Å². The molecule has 1 aliphatic rings. The smallest absolute Gasteiger partial charge is 0.216 e. The molecule has 0 heterocycles. The molecule has 9 heavy (non-hydrogen) atoms. The van der Waals surface area contributed by atoms with Crippen molar-refractivity contribution in [3.05, 3.63) is 0 Å². The third kappa shape index (κ3) is 1.64. The van der Waals surface area contributed by atoms with Gasteiger partial charge in [-0.1, -0.05) is 0 Å². The van der Waals surface area contributed by atoms with E-state index in [0.717, 1.165) is 12.8 Å². The largest absolute Gasteiger partial charge is 0.276 e. The molecule has 1 rings (SSSR count). The lowest BCUT2D eigenvalue weighted by molar-refractivity contribution is 0.465. The Bertz CT molecular complexity index is 195. The first-order valence-corrected chi connectivity index (χ1v) is 4.28. The molecule has 2 N–H and O–H groups in total. The van der Waals surface area contributed by atoms with Crippen LogP contribution in [0, 0.1) is 0 Å². The lowest BCUT2D eigenvalue weighted by Gasteiger charge is -2.10. The molecule has 0 aromatic rings. The molecular weight excluding hydrogens is 140 g/mol. The fourth-order valence-electron chi connectivity index (χ4n) is 0.646. The van der Waals surface area contributed by atoms with E-state index in [1.807, 2.05) is 0 Å². The van der Waals surface area contributed by atoms with Crippen molar-refractivity contribution in [2.45, 2.75) is 18.9 Å². The molecule has 0 unspecified atom stereocenters. The second kappa shape index (κ2) is 1.93. The summed E-state index contributed by atoms with van der Waals surface area (Å²) in [6, 6.07) is 0.181. The number of rotatable bonds is 2. The topological polar surface area (TPSA) is 63.4 Å². The van der Waals surface area contributed by atoms with E-state index in [0.29, 0.717) is 0 Å².